The topological polar surface area (TPSA) is 96.5 Å². The molecule has 0 aromatic rings. The molecule has 0 saturated heterocycles. The first-order valence-electron chi connectivity index (χ1n) is 10.1. The van der Waals surface area contributed by atoms with Gasteiger partial charge in [0.1, 0.15) is 0 Å². The highest BCUT2D eigenvalue weighted by atomic mass is 16.5. The molecule has 0 spiro atoms. The van der Waals surface area contributed by atoms with Crippen LogP contribution in [-0.4, -0.2) is 54.5 Å². The molecule has 7 heteroatoms. The summed E-state index contributed by atoms with van der Waals surface area (Å²) in [5.74, 6) is -0.408. The molecule has 0 bridgehead atoms. The summed E-state index contributed by atoms with van der Waals surface area (Å²) in [5.41, 5.74) is -0.633. The summed E-state index contributed by atoms with van der Waals surface area (Å²) < 4.78 is 5.74. The predicted octanol–water partition coefficient (Wildman–Crippen LogP) is 2.18. The molecule has 2 unspecified atom stereocenters. The van der Waals surface area contributed by atoms with E-state index in [1.54, 1.807) is 7.05 Å². The van der Waals surface area contributed by atoms with Crippen LogP contribution in [0.5, 0.6) is 0 Å². The molecule has 0 aromatic carbocycles. The minimum Gasteiger partial charge on any atom is -0.376 e. The molecule has 2 atom stereocenters. The SMILES string of the molecule is CNC(CCC(=O)NC(C(C)=O)C(C)C)C(=O)NC(C)(C)CCOC(C)(C)C. The molecule has 7 nitrogen and oxygen atoms in total. The third-order valence-electron chi connectivity index (χ3n) is 4.47. The number of rotatable bonds is 12. The van der Waals surface area contributed by atoms with E-state index < -0.39 is 17.6 Å². The standard InChI is InChI=1S/C21H41N3O4/c1-14(2)18(15(3)25)23-17(26)11-10-16(22-9)19(27)24-21(7,8)12-13-28-20(4,5)6/h14,16,18,22H,10-13H2,1-9H3,(H,23,26)(H,24,27). The molecule has 0 aromatic heterocycles. The van der Waals surface area contributed by atoms with E-state index in [2.05, 4.69) is 16.0 Å². The Balaban J connectivity index is 4.59. The van der Waals surface area contributed by atoms with E-state index in [0.717, 1.165) is 0 Å². The van der Waals surface area contributed by atoms with Crippen LogP contribution in [0.25, 0.3) is 0 Å². The van der Waals surface area contributed by atoms with Crippen molar-refractivity contribution >= 4 is 17.6 Å². The first kappa shape index (κ1) is 26.5. The van der Waals surface area contributed by atoms with Gasteiger partial charge in [0, 0.05) is 18.6 Å². The van der Waals surface area contributed by atoms with Crippen molar-refractivity contribution in [1.29, 1.82) is 0 Å². The Morgan fingerprint density at radius 3 is 2.04 bits per heavy atom. The summed E-state index contributed by atoms with van der Waals surface area (Å²) in [6.07, 6.45) is 1.20. The Morgan fingerprint density at radius 2 is 1.61 bits per heavy atom. The number of hydrogen-bond donors (Lipinski definition) is 3. The van der Waals surface area contributed by atoms with Crippen LogP contribution in [0.3, 0.4) is 0 Å². The number of amides is 2. The van der Waals surface area contributed by atoms with Crippen LogP contribution in [0.1, 0.15) is 74.7 Å². The van der Waals surface area contributed by atoms with Crippen molar-refractivity contribution < 1.29 is 19.1 Å². The molecule has 0 fully saturated rings. The summed E-state index contributed by atoms with van der Waals surface area (Å²) in [4.78, 5) is 36.4. The number of likely N-dealkylation sites (N-methyl/N-ethyl adjacent to an activating group) is 1. The zero-order valence-corrected chi connectivity index (χ0v) is 19.2. The summed E-state index contributed by atoms with van der Waals surface area (Å²) >= 11 is 0. The second-order valence-electron chi connectivity index (χ2n) is 9.36. The summed E-state index contributed by atoms with van der Waals surface area (Å²) in [7, 11) is 1.70. The molecule has 2 amide bonds. The maximum absolute atomic E-state index is 12.6. The molecule has 3 N–H and O–H groups in total. The molecule has 0 aliphatic rings. The Morgan fingerprint density at radius 1 is 1.04 bits per heavy atom. The Hall–Kier alpha value is -1.47. The van der Waals surface area contributed by atoms with Gasteiger partial charge in [-0.15, -0.1) is 0 Å². The van der Waals surface area contributed by atoms with Gasteiger partial charge in [-0.1, -0.05) is 13.8 Å². The number of ether oxygens (including phenoxy) is 1. The Kier molecular flexibility index (Phi) is 10.9. The molecular weight excluding hydrogens is 358 g/mol. The fourth-order valence-corrected chi connectivity index (χ4v) is 2.76. The van der Waals surface area contributed by atoms with Crippen molar-refractivity contribution in [2.24, 2.45) is 5.92 Å². The van der Waals surface area contributed by atoms with E-state index in [0.29, 0.717) is 19.4 Å². The highest BCUT2D eigenvalue weighted by molar-refractivity contribution is 5.88. The summed E-state index contributed by atoms with van der Waals surface area (Å²) in [6, 6.07) is -0.973. The van der Waals surface area contributed by atoms with E-state index in [-0.39, 0.29) is 35.5 Å². The number of nitrogens with one attached hydrogen (secondary N) is 3. The Labute approximate surface area is 170 Å². The molecule has 0 aliphatic carbocycles. The largest absolute Gasteiger partial charge is 0.376 e. The molecule has 0 rings (SSSR count). The van der Waals surface area contributed by atoms with Gasteiger partial charge in [0.25, 0.3) is 0 Å². The van der Waals surface area contributed by atoms with Crippen LogP contribution in [0.2, 0.25) is 0 Å². The fourth-order valence-electron chi connectivity index (χ4n) is 2.76. The molecule has 0 heterocycles. The van der Waals surface area contributed by atoms with Crippen LogP contribution >= 0.6 is 0 Å². The predicted molar refractivity (Wildman–Crippen MR) is 112 cm³/mol. The van der Waals surface area contributed by atoms with Gasteiger partial charge >= 0.3 is 0 Å². The highest BCUT2D eigenvalue weighted by Gasteiger charge is 2.27. The second kappa shape index (κ2) is 11.5. The molecular formula is C21H41N3O4. The number of carbonyl (C=O) groups is 3. The lowest BCUT2D eigenvalue weighted by molar-refractivity contribution is -0.128. The Bertz CT molecular complexity index is 524. The van der Waals surface area contributed by atoms with Crippen molar-refractivity contribution in [2.45, 2.75) is 97.9 Å². The van der Waals surface area contributed by atoms with Crippen molar-refractivity contribution in [3.63, 3.8) is 0 Å². The first-order chi connectivity index (χ1) is 12.7. The van der Waals surface area contributed by atoms with Crippen LogP contribution in [0.4, 0.5) is 0 Å². The van der Waals surface area contributed by atoms with E-state index in [9.17, 15) is 14.4 Å². The lowest BCUT2D eigenvalue weighted by atomic mass is 9.99. The first-order valence-corrected chi connectivity index (χ1v) is 10.1. The van der Waals surface area contributed by atoms with Crippen molar-refractivity contribution in [3.05, 3.63) is 0 Å². The quantitative estimate of drug-likeness (QED) is 0.467. The summed E-state index contributed by atoms with van der Waals surface area (Å²) in [5, 5.41) is 8.76. The molecule has 164 valence electrons. The van der Waals surface area contributed by atoms with Gasteiger partial charge in [0.05, 0.1) is 17.7 Å². The minimum atomic E-state index is -0.490. The van der Waals surface area contributed by atoms with E-state index >= 15 is 0 Å². The van der Waals surface area contributed by atoms with Crippen molar-refractivity contribution in [3.8, 4) is 0 Å². The van der Waals surface area contributed by atoms with Crippen LogP contribution in [0, 0.1) is 5.92 Å². The van der Waals surface area contributed by atoms with Gasteiger partial charge in [-0.2, -0.15) is 0 Å². The van der Waals surface area contributed by atoms with Crippen molar-refractivity contribution in [1.82, 2.24) is 16.0 Å². The molecule has 0 saturated carbocycles. The lowest BCUT2D eigenvalue weighted by Gasteiger charge is -2.30. The third kappa shape index (κ3) is 11.4. The monoisotopic (exact) mass is 399 g/mol. The second-order valence-corrected chi connectivity index (χ2v) is 9.36. The summed E-state index contributed by atoms with van der Waals surface area (Å²) in [6.45, 7) is 15.7. The van der Waals surface area contributed by atoms with Gasteiger partial charge < -0.3 is 20.7 Å². The van der Waals surface area contributed by atoms with Crippen LogP contribution in [-0.2, 0) is 19.1 Å². The number of ketones is 1. The number of Topliss-reactive ketones (excluding diaryl/α,β-unsaturated/α-hetero) is 1. The zero-order valence-electron chi connectivity index (χ0n) is 19.2. The zero-order chi connectivity index (χ0) is 22.1. The molecule has 0 radical (unpaired) electrons. The maximum atomic E-state index is 12.6. The van der Waals surface area contributed by atoms with Gasteiger partial charge in [0.2, 0.25) is 11.8 Å². The maximum Gasteiger partial charge on any atom is 0.237 e. The smallest absolute Gasteiger partial charge is 0.237 e. The van der Waals surface area contributed by atoms with Crippen molar-refractivity contribution in [2.75, 3.05) is 13.7 Å². The molecule has 28 heavy (non-hydrogen) atoms. The van der Waals surface area contributed by atoms with Gasteiger partial charge in [-0.3, -0.25) is 14.4 Å². The van der Waals surface area contributed by atoms with Gasteiger partial charge in [-0.05, 0) is 67.3 Å². The number of carbonyl (C=O) groups excluding carboxylic acids is 3. The minimum absolute atomic E-state index is 0.0287. The fraction of sp³-hybridized carbons (Fsp3) is 0.857. The van der Waals surface area contributed by atoms with Gasteiger partial charge in [0.15, 0.2) is 5.78 Å². The van der Waals surface area contributed by atoms with E-state index in [4.69, 9.17) is 4.74 Å². The van der Waals surface area contributed by atoms with Gasteiger partial charge in [-0.25, -0.2) is 0 Å². The highest BCUT2D eigenvalue weighted by Crippen LogP contribution is 2.14. The van der Waals surface area contributed by atoms with Crippen LogP contribution in [0.15, 0.2) is 0 Å². The number of hydrogen-bond acceptors (Lipinski definition) is 5. The molecule has 0 aliphatic heterocycles. The average molecular weight is 400 g/mol. The normalized spacial score (nSPS) is 14.5. The van der Waals surface area contributed by atoms with Crippen LogP contribution < -0.4 is 16.0 Å². The average Bonchev–Trinajstić information content (AvgIpc) is 2.50. The third-order valence-corrected chi connectivity index (χ3v) is 4.47. The lowest BCUT2D eigenvalue weighted by Crippen LogP contribution is -2.52. The van der Waals surface area contributed by atoms with E-state index in [1.807, 2.05) is 48.5 Å². The van der Waals surface area contributed by atoms with E-state index in [1.165, 1.54) is 6.92 Å².